The van der Waals surface area contributed by atoms with Crippen molar-refractivity contribution in [1.82, 2.24) is 5.32 Å². The fourth-order valence-corrected chi connectivity index (χ4v) is 3.14. The molecule has 0 spiro atoms. The topological polar surface area (TPSA) is 77.1 Å². The Bertz CT molecular complexity index is 972. The number of amides is 2. The quantitative estimate of drug-likeness (QED) is 0.474. The van der Waals surface area contributed by atoms with Crippen LogP contribution in [0.25, 0.3) is 6.08 Å². The van der Waals surface area contributed by atoms with Crippen molar-refractivity contribution in [2.24, 2.45) is 0 Å². The van der Waals surface area contributed by atoms with Crippen molar-refractivity contribution < 1.29 is 23.8 Å². The molecule has 1 saturated heterocycles. The Labute approximate surface area is 167 Å². The molecule has 1 aliphatic rings. The van der Waals surface area contributed by atoms with E-state index in [9.17, 15) is 9.59 Å². The predicted molar refractivity (Wildman–Crippen MR) is 109 cm³/mol. The van der Waals surface area contributed by atoms with Crippen LogP contribution in [0.5, 0.6) is 17.2 Å². The van der Waals surface area contributed by atoms with E-state index in [-0.39, 0.29) is 10.7 Å². The van der Waals surface area contributed by atoms with Gasteiger partial charge in [-0.05, 0) is 42.6 Å². The molecule has 144 valence electrons. The molecule has 2 aromatic rings. The fraction of sp³-hybridized carbons (Fsp3) is 0.150. The summed E-state index contributed by atoms with van der Waals surface area (Å²) in [5.74, 6) is 0.0524. The van der Waals surface area contributed by atoms with Crippen molar-refractivity contribution in [3.05, 3.63) is 53.6 Å². The van der Waals surface area contributed by atoms with E-state index in [0.717, 1.165) is 0 Å². The average molecular weight is 398 g/mol. The largest absolute Gasteiger partial charge is 0.493 e. The Kier molecular flexibility index (Phi) is 5.60. The summed E-state index contributed by atoms with van der Waals surface area (Å²) in [5.41, 5.74) is 0.963. The van der Waals surface area contributed by atoms with Crippen LogP contribution in [0, 0.1) is 0 Å². The molecule has 0 aliphatic carbocycles. The monoisotopic (exact) mass is 398 g/mol. The van der Waals surface area contributed by atoms with Crippen molar-refractivity contribution in [3.63, 3.8) is 0 Å². The highest BCUT2D eigenvalue weighted by Crippen LogP contribution is 2.40. The number of para-hydroxylation sites is 1. The highest BCUT2D eigenvalue weighted by Gasteiger charge is 2.34. The number of methoxy groups -OCH3 is 3. The third kappa shape index (κ3) is 3.41. The second-order valence-electron chi connectivity index (χ2n) is 5.72. The minimum absolute atomic E-state index is 0.0256. The van der Waals surface area contributed by atoms with Crippen LogP contribution in [0.15, 0.2) is 48.0 Å². The molecule has 3 rings (SSSR count). The van der Waals surface area contributed by atoms with Gasteiger partial charge in [0.15, 0.2) is 16.6 Å². The number of carbonyl (C=O) groups excluding carboxylic acids is 2. The summed E-state index contributed by atoms with van der Waals surface area (Å²) in [7, 11) is 4.45. The van der Waals surface area contributed by atoms with Gasteiger partial charge < -0.3 is 14.2 Å². The van der Waals surface area contributed by atoms with Gasteiger partial charge in [0.05, 0.1) is 27.0 Å². The number of hydrogen-bond donors (Lipinski definition) is 1. The number of hydrogen-bond acceptors (Lipinski definition) is 6. The molecule has 1 heterocycles. The van der Waals surface area contributed by atoms with Gasteiger partial charge in [-0.3, -0.25) is 19.8 Å². The SMILES string of the molecule is COc1ccc(/C=C2\C(=O)NC(=S)N(c3ccccc3)C2=O)c(OC)c1OC. The van der Waals surface area contributed by atoms with Gasteiger partial charge in [0, 0.05) is 5.56 Å². The van der Waals surface area contributed by atoms with Crippen LogP contribution in [-0.4, -0.2) is 38.3 Å². The zero-order valence-corrected chi connectivity index (χ0v) is 16.3. The highest BCUT2D eigenvalue weighted by atomic mass is 32.1. The van der Waals surface area contributed by atoms with Crippen LogP contribution in [0.4, 0.5) is 5.69 Å². The van der Waals surface area contributed by atoms with Crippen molar-refractivity contribution >= 4 is 40.9 Å². The molecule has 1 N–H and O–H groups in total. The molecule has 1 fully saturated rings. The number of nitrogens with zero attached hydrogens (tertiary/aromatic N) is 1. The minimum Gasteiger partial charge on any atom is -0.493 e. The Hall–Kier alpha value is -3.39. The van der Waals surface area contributed by atoms with Gasteiger partial charge >= 0.3 is 0 Å². The molecule has 8 heteroatoms. The minimum atomic E-state index is -0.584. The van der Waals surface area contributed by atoms with Crippen molar-refractivity contribution in [2.75, 3.05) is 26.2 Å². The molecule has 1 aliphatic heterocycles. The first-order valence-corrected chi connectivity index (χ1v) is 8.68. The van der Waals surface area contributed by atoms with Gasteiger partial charge in [0.25, 0.3) is 11.8 Å². The summed E-state index contributed by atoms with van der Waals surface area (Å²) < 4.78 is 16.0. The van der Waals surface area contributed by atoms with Crippen LogP contribution >= 0.6 is 12.2 Å². The van der Waals surface area contributed by atoms with E-state index in [2.05, 4.69) is 5.32 Å². The van der Waals surface area contributed by atoms with Crippen molar-refractivity contribution in [1.29, 1.82) is 0 Å². The first kappa shape index (κ1) is 19.4. The number of rotatable bonds is 5. The zero-order valence-electron chi connectivity index (χ0n) is 15.5. The molecule has 28 heavy (non-hydrogen) atoms. The van der Waals surface area contributed by atoms with Crippen LogP contribution in [0.2, 0.25) is 0 Å². The number of carbonyl (C=O) groups is 2. The second kappa shape index (κ2) is 8.10. The maximum Gasteiger partial charge on any atom is 0.270 e. The lowest BCUT2D eigenvalue weighted by Gasteiger charge is -2.29. The zero-order chi connectivity index (χ0) is 20.3. The predicted octanol–water partition coefficient (Wildman–Crippen LogP) is 2.54. The molecule has 0 saturated carbocycles. The van der Waals surface area contributed by atoms with Gasteiger partial charge in [-0.25, -0.2) is 0 Å². The highest BCUT2D eigenvalue weighted by molar-refractivity contribution is 7.80. The van der Waals surface area contributed by atoms with E-state index in [1.807, 2.05) is 6.07 Å². The fourth-order valence-electron chi connectivity index (χ4n) is 2.86. The summed E-state index contributed by atoms with van der Waals surface area (Å²) in [6.45, 7) is 0. The van der Waals surface area contributed by atoms with E-state index < -0.39 is 11.8 Å². The summed E-state index contributed by atoms with van der Waals surface area (Å²) >= 11 is 5.19. The number of ether oxygens (including phenoxy) is 3. The summed E-state index contributed by atoms with van der Waals surface area (Å²) in [4.78, 5) is 26.8. The van der Waals surface area contributed by atoms with Gasteiger partial charge in [-0.2, -0.15) is 0 Å². The van der Waals surface area contributed by atoms with E-state index in [0.29, 0.717) is 28.5 Å². The van der Waals surface area contributed by atoms with Crippen LogP contribution in [0.3, 0.4) is 0 Å². The summed E-state index contributed by atoms with van der Waals surface area (Å²) in [6.07, 6.45) is 1.44. The standard InChI is InChI=1S/C20H18N2O5S/c1-25-15-10-9-12(16(26-2)17(15)27-3)11-14-18(23)21-20(28)22(19(14)24)13-7-5-4-6-8-13/h4-11H,1-3H3,(H,21,23,28)/b14-11+. The molecule has 0 bridgehead atoms. The third-order valence-corrected chi connectivity index (χ3v) is 4.44. The van der Waals surface area contributed by atoms with E-state index >= 15 is 0 Å². The van der Waals surface area contributed by atoms with Gasteiger partial charge in [0.1, 0.15) is 5.57 Å². The number of nitrogens with one attached hydrogen (secondary N) is 1. The average Bonchev–Trinajstić information content (AvgIpc) is 2.70. The molecule has 0 aromatic heterocycles. The van der Waals surface area contributed by atoms with E-state index in [4.69, 9.17) is 26.4 Å². The van der Waals surface area contributed by atoms with Gasteiger partial charge in [-0.15, -0.1) is 0 Å². The Morgan fingerprint density at radius 1 is 0.929 bits per heavy atom. The summed E-state index contributed by atoms with van der Waals surface area (Å²) in [5, 5.41) is 2.58. The second-order valence-corrected chi connectivity index (χ2v) is 6.10. The molecule has 0 atom stereocenters. The molecule has 2 amide bonds. The Morgan fingerprint density at radius 2 is 1.61 bits per heavy atom. The van der Waals surface area contributed by atoms with E-state index in [1.54, 1.807) is 36.4 Å². The van der Waals surface area contributed by atoms with Gasteiger partial charge in [-0.1, -0.05) is 18.2 Å². The molecule has 0 radical (unpaired) electrons. The maximum atomic E-state index is 13.0. The lowest BCUT2D eigenvalue weighted by Crippen LogP contribution is -2.54. The molecular weight excluding hydrogens is 380 g/mol. The first-order chi connectivity index (χ1) is 13.5. The first-order valence-electron chi connectivity index (χ1n) is 8.27. The number of thiocarbonyl (C=S) groups is 1. The molecular formula is C20H18N2O5S. The van der Waals surface area contributed by atoms with E-state index in [1.165, 1.54) is 32.3 Å². The Morgan fingerprint density at radius 3 is 2.21 bits per heavy atom. The lowest BCUT2D eigenvalue weighted by atomic mass is 10.1. The van der Waals surface area contributed by atoms with Crippen LogP contribution < -0.4 is 24.4 Å². The van der Waals surface area contributed by atoms with Gasteiger partial charge in [0.2, 0.25) is 5.75 Å². The molecule has 0 unspecified atom stereocenters. The molecule has 7 nitrogen and oxygen atoms in total. The third-order valence-electron chi connectivity index (χ3n) is 4.15. The normalized spacial score (nSPS) is 15.5. The van der Waals surface area contributed by atoms with Crippen molar-refractivity contribution in [2.45, 2.75) is 0 Å². The van der Waals surface area contributed by atoms with Crippen LogP contribution in [-0.2, 0) is 9.59 Å². The van der Waals surface area contributed by atoms with Crippen LogP contribution in [0.1, 0.15) is 5.56 Å². The number of anilines is 1. The molecule has 2 aromatic carbocycles. The maximum absolute atomic E-state index is 13.0. The summed E-state index contributed by atoms with van der Waals surface area (Å²) in [6, 6.07) is 12.2. The van der Waals surface area contributed by atoms with Crippen molar-refractivity contribution in [3.8, 4) is 17.2 Å². The lowest BCUT2D eigenvalue weighted by molar-refractivity contribution is -0.122. The smallest absolute Gasteiger partial charge is 0.270 e. The number of benzene rings is 2. The Balaban J connectivity index is 2.09.